The number of nitrogen functional groups attached to an aromatic ring is 1. The van der Waals surface area contributed by atoms with E-state index in [1.807, 2.05) is 0 Å². The Bertz CT molecular complexity index is 1200. The molecule has 39 heavy (non-hydrogen) atoms. The molecule has 0 radical (unpaired) electrons. The lowest BCUT2D eigenvalue weighted by Gasteiger charge is -2.20. The van der Waals surface area contributed by atoms with Gasteiger partial charge in [-0.1, -0.05) is 41.0 Å². The van der Waals surface area contributed by atoms with Crippen LogP contribution < -0.4 is 21.1 Å². The first-order chi connectivity index (χ1) is 18.4. The maximum atomic E-state index is 13.0. The summed E-state index contributed by atoms with van der Waals surface area (Å²) in [7, 11) is 0. The van der Waals surface area contributed by atoms with Crippen LogP contribution in [0.1, 0.15) is 45.2 Å². The number of anilines is 1. The number of amides is 2. The zero-order valence-electron chi connectivity index (χ0n) is 22.3. The molecule has 2 amide bonds. The Morgan fingerprint density at radius 2 is 1.77 bits per heavy atom. The number of rotatable bonds is 10. The highest BCUT2D eigenvalue weighted by atomic mass is 35.5. The summed E-state index contributed by atoms with van der Waals surface area (Å²) >= 11 is 12.2. The number of carbonyl (C=O) groups excluding carboxylic acids is 2. The Kier molecular flexibility index (Phi) is 12.1. The first-order valence-corrected chi connectivity index (χ1v) is 12.8. The Morgan fingerprint density at radius 1 is 1.13 bits per heavy atom. The third-order valence-electron chi connectivity index (χ3n) is 4.63. The molecule has 0 bridgehead atoms. The lowest BCUT2D eigenvalue weighted by molar-refractivity contribution is -0.116. The number of aliphatic imine (C=N–C) groups is 1. The summed E-state index contributed by atoms with van der Waals surface area (Å²) in [5.74, 6) is -0.107. The van der Waals surface area contributed by atoms with E-state index < -0.39 is 17.6 Å². The smallest absolute Gasteiger partial charge is 0.414 e. The van der Waals surface area contributed by atoms with Gasteiger partial charge < -0.3 is 25.4 Å². The van der Waals surface area contributed by atoms with Gasteiger partial charge in [-0.2, -0.15) is 4.99 Å². The number of nitrogens with zero attached hydrogens (tertiary/aromatic N) is 2. The standard InChI is InChI=1S/C27H33Cl2N5O5/c1-6-12-37-19-10-8-18(9-11-19)22(34-38-7-2)15-23(35)32-25(33-26(36)39-27(3,4)5)31-16-17-13-20(28)24(30)21(29)14-17/h6,8-11,13-14H,1,7,12,15-16,30H2,2-5H3,(H2,31,32,33,35,36). The van der Waals surface area contributed by atoms with Crippen molar-refractivity contribution in [2.75, 3.05) is 18.9 Å². The van der Waals surface area contributed by atoms with Crippen molar-refractivity contribution in [2.45, 2.75) is 46.3 Å². The van der Waals surface area contributed by atoms with Crippen LogP contribution in [0.15, 0.2) is 59.2 Å². The van der Waals surface area contributed by atoms with Crippen LogP contribution in [-0.2, 0) is 20.9 Å². The normalized spacial score (nSPS) is 11.9. The van der Waals surface area contributed by atoms with Gasteiger partial charge in [0.1, 0.15) is 24.6 Å². The molecule has 2 aromatic carbocycles. The molecular weight excluding hydrogens is 545 g/mol. The summed E-state index contributed by atoms with van der Waals surface area (Å²) in [5.41, 5.74) is 6.90. The monoisotopic (exact) mass is 577 g/mol. The van der Waals surface area contributed by atoms with Gasteiger partial charge in [0.15, 0.2) is 0 Å². The maximum Gasteiger partial charge on any atom is 0.414 e. The van der Waals surface area contributed by atoms with E-state index in [1.54, 1.807) is 70.2 Å². The molecule has 4 N–H and O–H groups in total. The second-order valence-electron chi connectivity index (χ2n) is 9.06. The molecule has 0 atom stereocenters. The molecule has 0 aliphatic rings. The first-order valence-electron chi connectivity index (χ1n) is 12.0. The molecule has 0 spiro atoms. The molecule has 10 nitrogen and oxygen atoms in total. The van der Waals surface area contributed by atoms with Crippen molar-refractivity contribution in [3.05, 3.63) is 70.2 Å². The van der Waals surface area contributed by atoms with Gasteiger partial charge in [0.05, 0.1) is 27.9 Å². The van der Waals surface area contributed by atoms with Crippen molar-refractivity contribution in [1.29, 1.82) is 0 Å². The number of nitrogens with one attached hydrogen (secondary N) is 2. The molecule has 0 fully saturated rings. The minimum atomic E-state index is -0.798. The molecule has 0 aliphatic heterocycles. The second kappa shape index (κ2) is 15.0. The number of oxime groups is 1. The van der Waals surface area contributed by atoms with Crippen molar-refractivity contribution in [3.63, 3.8) is 0 Å². The Hall–Kier alpha value is -3.76. The van der Waals surface area contributed by atoms with Crippen LogP contribution in [-0.4, -0.2) is 42.5 Å². The zero-order chi connectivity index (χ0) is 29.0. The van der Waals surface area contributed by atoms with Crippen molar-refractivity contribution < 1.29 is 23.9 Å². The predicted octanol–water partition coefficient (Wildman–Crippen LogP) is 5.47. The van der Waals surface area contributed by atoms with Crippen molar-refractivity contribution in [3.8, 4) is 5.75 Å². The molecule has 0 aromatic heterocycles. The third-order valence-corrected chi connectivity index (χ3v) is 5.26. The number of carbonyl (C=O) groups is 2. The van der Waals surface area contributed by atoms with Crippen LogP contribution in [0, 0.1) is 0 Å². The van der Waals surface area contributed by atoms with Crippen LogP contribution in [0.3, 0.4) is 0 Å². The van der Waals surface area contributed by atoms with E-state index in [4.69, 9.17) is 43.2 Å². The number of halogens is 2. The van der Waals surface area contributed by atoms with Crippen molar-refractivity contribution in [2.24, 2.45) is 10.1 Å². The van der Waals surface area contributed by atoms with Crippen LogP contribution in [0.25, 0.3) is 0 Å². The van der Waals surface area contributed by atoms with Gasteiger partial charge in [-0.25, -0.2) is 4.79 Å². The molecular formula is C27H33Cl2N5O5. The van der Waals surface area contributed by atoms with Crippen LogP contribution in [0.2, 0.25) is 10.0 Å². The number of ether oxygens (including phenoxy) is 2. The predicted molar refractivity (Wildman–Crippen MR) is 154 cm³/mol. The van der Waals surface area contributed by atoms with E-state index in [1.165, 1.54) is 0 Å². The quantitative estimate of drug-likeness (QED) is 0.112. The van der Waals surface area contributed by atoms with Gasteiger partial charge in [0.25, 0.3) is 5.91 Å². The van der Waals surface area contributed by atoms with Crippen LogP contribution >= 0.6 is 23.2 Å². The van der Waals surface area contributed by atoms with E-state index in [0.29, 0.717) is 35.8 Å². The van der Waals surface area contributed by atoms with Gasteiger partial charge >= 0.3 is 6.09 Å². The molecule has 0 saturated carbocycles. The molecule has 0 aliphatic carbocycles. The minimum absolute atomic E-state index is 0.119. The first kappa shape index (κ1) is 31.5. The zero-order valence-corrected chi connectivity index (χ0v) is 23.9. The van der Waals surface area contributed by atoms with E-state index in [9.17, 15) is 9.59 Å². The largest absolute Gasteiger partial charge is 0.490 e. The van der Waals surface area contributed by atoms with Crippen LogP contribution in [0.5, 0.6) is 5.75 Å². The fourth-order valence-corrected chi connectivity index (χ4v) is 3.50. The molecule has 12 heteroatoms. The van der Waals surface area contributed by atoms with Gasteiger partial charge in [-0.05, 0) is 69.7 Å². The SMILES string of the molecule is C=CCOc1ccc(C(CC(=O)/N=C(/NCc2cc(Cl)c(N)c(Cl)c2)NC(=O)OC(C)(C)C)=NOCC)cc1. The lowest BCUT2D eigenvalue weighted by atomic mass is 10.1. The Labute approximate surface area is 238 Å². The van der Waals surface area contributed by atoms with Crippen LogP contribution in [0.4, 0.5) is 10.5 Å². The van der Waals surface area contributed by atoms with E-state index in [2.05, 4.69) is 27.4 Å². The molecule has 0 heterocycles. The highest BCUT2D eigenvalue weighted by Gasteiger charge is 2.19. The van der Waals surface area contributed by atoms with E-state index >= 15 is 0 Å². The van der Waals surface area contributed by atoms with Crippen molar-refractivity contribution >= 4 is 52.6 Å². The summed E-state index contributed by atoms with van der Waals surface area (Å²) in [6, 6.07) is 10.2. The Morgan fingerprint density at radius 3 is 2.33 bits per heavy atom. The number of alkyl carbamates (subject to hydrolysis) is 1. The fourth-order valence-electron chi connectivity index (χ4n) is 2.97. The number of hydrogen-bond acceptors (Lipinski definition) is 7. The average Bonchev–Trinajstić information content (AvgIpc) is 2.86. The second-order valence-corrected chi connectivity index (χ2v) is 9.88. The van der Waals surface area contributed by atoms with Gasteiger partial charge in [0, 0.05) is 12.1 Å². The van der Waals surface area contributed by atoms with E-state index in [-0.39, 0.29) is 34.7 Å². The van der Waals surface area contributed by atoms with E-state index in [0.717, 1.165) is 0 Å². The molecule has 210 valence electrons. The summed E-state index contributed by atoms with van der Waals surface area (Å²) in [4.78, 5) is 34.7. The average molecular weight is 578 g/mol. The van der Waals surface area contributed by atoms with Gasteiger partial charge in [-0.3, -0.25) is 10.1 Å². The topological polar surface area (TPSA) is 137 Å². The van der Waals surface area contributed by atoms with Gasteiger partial charge in [0.2, 0.25) is 5.96 Å². The molecule has 2 aromatic rings. The fraction of sp³-hybridized carbons (Fsp3) is 0.333. The van der Waals surface area contributed by atoms with Gasteiger partial charge in [-0.15, -0.1) is 0 Å². The number of nitrogens with two attached hydrogens (primary N) is 1. The maximum absolute atomic E-state index is 13.0. The summed E-state index contributed by atoms with van der Waals surface area (Å²) in [6.07, 6.45) is 0.626. The molecule has 0 unspecified atom stereocenters. The lowest BCUT2D eigenvalue weighted by Crippen LogP contribution is -2.43. The third kappa shape index (κ3) is 11.3. The minimum Gasteiger partial charge on any atom is -0.490 e. The highest BCUT2D eigenvalue weighted by molar-refractivity contribution is 6.38. The summed E-state index contributed by atoms with van der Waals surface area (Å²) in [6.45, 7) is 11.3. The molecule has 2 rings (SSSR count). The number of guanidine groups is 1. The summed E-state index contributed by atoms with van der Waals surface area (Å²) in [5, 5.41) is 9.99. The van der Waals surface area contributed by atoms with Crippen molar-refractivity contribution in [1.82, 2.24) is 10.6 Å². The Balaban J connectivity index is 2.26. The number of hydrogen-bond donors (Lipinski definition) is 3. The summed E-state index contributed by atoms with van der Waals surface area (Å²) < 4.78 is 10.8. The number of benzene rings is 2. The highest BCUT2D eigenvalue weighted by Crippen LogP contribution is 2.28. The molecule has 0 saturated heterocycles.